The average Bonchev–Trinajstić information content (AvgIpc) is 3.35. The van der Waals surface area contributed by atoms with E-state index in [2.05, 4.69) is 19.6 Å². The van der Waals surface area contributed by atoms with Gasteiger partial charge < -0.3 is 10.1 Å². The molecule has 0 saturated heterocycles. The van der Waals surface area contributed by atoms with Crippen molar-refractivity contribution < 1.29 is 31.9 Å². The van der Waals surface area contributed by atoms with Gasteiger partial charge in [0.05, 0.1) is 15.7 Å². The third-order valence-electron chi connectivity index (χ3n) is 6.48. The first-order valence-electron chi connectivity index (χ1n) is 12.4. The molecule has 1 aliphatic carbocycles. The highest BCUT2D eigenvalue weighted by Gasteiger charge is 2.45. The Hall–Kier alpha value is -2.67. The van der Waals surface area contributed by atoms with E-state index in [1.54, 1.807) is 31.2 Å². The SMILES string of the molecule is Cc1nnsc1C(=O)N(c1cc(Cl)c(OC(F)(F)C(F)F)c(Cl)c1)C(C(=O)NC1CCCCC1)c1ccccc1Cl. The van der Waals surface area contributed by atoms with Gasteiger partial charge >= 0.3 is 12.5 Å². The van der Waals surface area contributed by atoms with Gasteiger partial charge in [0.15, 0.2) is 5.75 Å². The van der Waals surface area contributed by atoms with Gasteiger partial charge in [-0.1, -0.05) is 76.8 Å². The number of benzene rings is 2. The van der Waals surface area contributed by atoms with Crippen LogP contribution in [0.2, 0.25) is 15.1 Å². The van der Waals surface area contributed by atoms with Gasteiger partial charge in [0.1, 0.15) is 10.9 Å². The summed E-state index contributed by atoms with van der Waals surface area (Å²) in [7, 11) is 0. The quantitative estimate of drug-likeness (QED) is 0.238. The molecular formula is C26H23Cl3F4N4O3S. The van der Waals surface area contributed by atoms with E-state index in [1.165, 1.54) is 0 Å². The number of amides is 2. The van der Waals surface area contributed by atoms with Gasteiger partial charge in [-0.15, -0.1) is 5.10 Å². The molecule has 3 aromatic rings. The van der Waals surface area contributed by atoms with Crippen molar-refractivity contribution in [2.45, 2.75) is 63.6 Å². The van der Waals surface area contributed by atoms with Crippen LogP contribution in [0.1, 0.15) is 59.1 Å². The number of ether oxygens (including phenoxy) is 1. The van der Waals surface area contributed by atoms with Gasteiger partial charge in [0, 0.05) is 22.3 Å². The molecule has 1 N–H and O–H groups in total. The molecule has 2 aromatic carbocycles. The molecule has 0 spiro atoms. The largest absolute Gasteiger partial charge is 0.461 e. The molecule has 1 heterocycles. The number of halogens is 7. The normalized spacial score (nSPS) is 15.0. The molecule has 0 aliphatic heterocycles. The summed E-state index contributed by atoms with van der Waals surface area (Å²) in [6.07, 6.45) is -4.68. The molecule has 41 heavy (non-hydrogen) atoms. The third-order valence-corrected chi connectivity index (χ3v) is 8.20. The molecule has 7 nitrogen and oxygen atoms in total. The Balaban J connectivity index is 1.87. The van der Waals surface area contributed by atoms with Crippen LogP contribution in [0.4, 0.5) is 23.2 Å². The molecule has 4 rings (SSSR count). The van der Waals surface area contributed by atoms with Gasteiger partial charge in [0.25, 0.3) is 5.91 Å². The molecule has 2 amide bonds. The third kappa shape index (κ3) is 7.04. The monoisotopic (exact) mass is 652 g/mol. The van der Waals surface area contributed by atoms with E-state index in [0.29, 0.717) is 0 Å². The number of rotatable bonds is 9. The van der Waals surface area contributed by atoms with Crippen molar-refractivity contribution in [3.63, 3.8) is 0 Å². The number of aromatic nitrogens is 2. The summed E-state index contributed by atoms with van der Waals surface area (Å²) in [5.74, 6) is -2.23. The summed E-state index contributed by atoms with van der Waals surface area (Å²) in [5.41, 5.74) is 0.404. The summed E-state index contributed by atoms with van der Waals surface area (Å²) in [6, 6.07) is 6.89. The highest BCUT2D eigenvalue weighted by molar-refractivity contribution is 7.08. The molecule has 220 valence electrons. The number of carbonyl (C=O) groups is 2. The number of nitrogens with zero attached hydrogens (tertiary/aromatic N) is 3. The van der Waals surface area contributed by atoms with Crippen molar-refractivity contribution in [3.8, 4) is 5.75 Å². The second kappa shape index (κ2) is 13.1. The zero-order valence-electron chi connectivity index (χ0n) is 21.4. The first-order valence-corrected chi connectivity index (χ1v) is 14.3. The van der Waals surface area contributed by atoms with Crippen molar-refractivity contribution in [2.75, 3.05) is 4.90 Å². The van der Waals surface area contributed by atoms with Gasteiger partial charge in [-0.2, -0.15) is 17.6 Å². The number of aryl methyl sites for hydroxylation is 1. The van der Waals surface area contributed by atoms with E-state index >= 15 is 0 Å². The lowest BCUT2D eigenvalue weighted by Crippen LogP contribution is -2.47. The van der Waals surface area contributed by atoms with E-state index < -0.39 is 46.2 Å². The molecule has 0 radical (unpaired) electrons. The van der Waals surface area contributed by atoms with E-state index in [1.807, 2.05) is 0 Å². The maximum Gasteiger partial charge on any atom is 0.461 e. The van der Waals surface area contributed by atoms with Crippen LogP contribution in [-0.4, -0.2) is 40.0 Å². The molecule has 1 fully saturated rings. The fraction of sp³-hybridized carbons (Fsp3) is 0.385. The molecule has 1 aliphatic rings. The molecule has 1 saturated carbocycles. The van der Waals surface area contributed by atoms with Gasteiger partial charge in [0.2, 0.25) is 5.91 Å². The highest BCUT2D eigenvalue weighted by atomic mass is 35.5. The Labute approximate surface area is 251 Å². The molecule has 1 atom stereocenters. The lowest BCUT2D eigenvalue weighted by Gasteiger charge is -2.34. The summed E-state index contributed by atoms with van der Waals surface area (Å²) >= 11 is 19.7. The Morgan fingerprint density at radius 1 is 1.07 bits per heavy atom. The summed E-state index contributed by atoms with van der Waals surface area (Å²) in [6.45, 7) is 1.55. The molecule has 0 bridgehead atoms. The zero-order valence-corrected chi connectivity index (χ0v) is 24.4. The Morgan fingerprint density at radius 3 is 2.27 bits per heavy atom. The summed E-state index contributed by atoms with van der Waals surface area (Å²) < 4.78 is 61.0. The van der Waals surface area contributed by atoms with Crippen LogP contribution >= 0.6 is 46.3 Å². The van der Waals surface area contributed by atoms with Crippen molar-refractivity contribution in [3.05, 3.63) is 67.6 Å². The van der Waals surface area contributed by atoms with Crippen molar-refractivity contribution in [2.24, 2.45) is 0 Å². The van der Waals surface area contributed by atoms with Crippen LogP contribution in [0.3, 0.4) is 0 Å². The van der Waals surface area contributed by atoms with Gasteiger partial charge in [-0.05, 0) is 49.5 Å². The Morgan fingerprint density at radius 2 is 1.71 bits per heavy atom. The fourth-order valence-corrected chi connectivity index (χ4v) is 5.89. The number of carbonyl (C=O) groups excluding carboxylic acids is 2. The Kier molecular flexibility index (Phi) is 9.99. The molecule has 1 aromatic heterocycles. The number of hydrogen-bond acceptors (Lipinski definition) is 6. The maximum absolute atomic E-state index is 14.1. The van der Waals surface area contributed by atoms with E-state index in [0.717, 1.165) is 60.7 Å². The van der Waals surface area contributed by atoms with Crippen molar-refractivity contribution >= 4 is 63.8 Å². The van der Waals surface area contributed by atoms with E-state index in [4.69, 9.17) is 34.8 Å². The van der Waals surface area contributed by atoms with Gasteiger partial charge in [-0.25, -0.2) is 0 Å². The van der Waals surface area contributed by atoms with Crippen LogP contribution in [-0.2, 0) is 4.79 Å². The predicted molar refractivity (Wildman–Crippen MR) is 149 cm³/mol. The molecular weight excluding hydrogens is 631 g/mol. The van der Waals surface area contributed by atoms with Crippen molar-refractivity contribution in [1.29, 1.82) is 0 Å². The van der Waals surface area contributed by atoms with E-state index in [-0.39, 0.29) is 32.9 Å². The Bertz CT molecular complexity index is 1400. The lowest BCUT2D eigenvalue weighted by molar-refractivity contribution is -0.253. The number of alkyl halides is 4. The zero-order chi connectivity index (χ0) is 29.9. The predicted octanol–water partition coefficient (Wildman–Crippen LogP) is 7.88. The minimum absolute atomic E-state index is 0.0734. The van der Waals surface area contributed by atoms with Crippen LogP contribution in [0, 0.1) is 6.92 Å². The number of hydrogen-bond donors (Lipinski definition) is 1. The average molecular weight is 654 g/mol. The topological polar surface area (TPSA) is 84.4 Å². The maximum atomic E-state index is 14.1. The van der Waals surface area contributed by atoms with Gasteiger partial charge in [-0.3, -0.25) is 14.5 Å². The molecule has 15 heteroatoms. The smallest absolute Gasteiger partial charge is 0.425 e. The highest BCUT2D eigenvalue weighted by Crippen LogP contribution is 2.43. The first-order chi connectivity index (χ1) is 19.4. The van der Waals surface area contributed by atoms with Crippen LogP contribution < -0.4 is 15.0 Å². The fourth-order valence-electron chi connectivity index (χ4n) is 4.51. The standard InChI is InChI=1S/C26H23Cl3F4N4O3S/c1-13-22(41-36-35-13)24(39)37(15-11-18(28)21(19(29)12-15)40-26(32,33)25(30)31)20(16-9-5-6-10-17(16)27)23(38)34-14-7-3-2-4-8-14/h5-6,9-12,14,20,25H,2-4,7-8H2,1H3,(H,34,38). The number of nitrogens with one attached hydrogen (secondary N) is 1. The second-order valence-electron chi connectivity index (χ2n) is 9.33. The first kappa shape index (κ1) is 31.3. The van der Waals surface area contributed by atoms with E-state index in [9.17, 15) is 27.2 Å². The molecule has 1 unspecified atom stereocenters. The van der Waals surface area contributed by atoms with Crippen LogP contribution in [0.25, 0.3) is 0 Å². The minimum atomic E-state index is -4.89. The van der Waals surface area contributed by atoms with Crippen LogP contribution in [0.15, 0.2) is 36.4 Å². The van der Waals surface area contributed by atoms with Crippen molar-refractivity contribution in [1.82, 2.24) is 14.9 Å². The minimum Gasteiger partial charge on any atom is -0.425 e. The van der Waals surface area contributed by atoms with Crippen LogP contribution in [0.5, 0.6) is 5.75 Å². The second-order valence-corrected chi connectivity index (χ2v) is 11.3. The number of anilines is 1. The summed E-state index contributed by atoms with van der Waals surface area (Å²) in [4.78, 5) is 29.2. The lowest BCUT2D eigenvalue weighted by atomic mass is 9.94. The summed E-state index contributed by atoms with van der Waals surface area (Å²) in [5, 5.41) is 5.84.